The van der Waals surface area contributed by atoms with Crippen LogP contribution in [0, 0.1) is 5.92 Å². The number of pyridine rings is 1. The van der Waals surface area contributed by atoms with E-state index in [1.54, 1.807) is 0 Å². The Kier molecular flexibility index (Phi) is 5.22. The number of aromatic nitrogens is 1. The van der Waals surface area contributed by atoms with Gasteiger partial charge in [-0.3, -0.25) is 0 Å². The molecule has 3 rings (SSSR count). The molecule has 0 unspecified atom stereocenters. The van der Waals surface area contributed by atoms with Crippen molar-refractivity contribution in [2.45, 2.75) is 19.4 Å². The highest BCUT2D eigenvalue weighted by Gasteiger charge is 2.09. The van der Waals surface area contributed by atoms with E-state index in [1.807, 2.05) is 48.7 Å². The summed E-state index contributed by atoms with van der Waals surface area (Å²) < 4.78 is 11.1. The molecule has 3 heteroatoms. The van der Waals surface area contributed by atoms with Crippen LogP contribution >= 0.6 is 0 Å². The molecule has 1 aromatic heterocycles. The topological polar surface area (TPSA) is 31.4 Å². The molecule has 0 amide bonds. The predicted octanol–water partition coefficient (Wildman–Crippen LogP) is 4.10. The molecule has 0 atom stereocenters. The molecule has 1 aliphatic rings. The average molecular weight is 295 g/mol. The highest BCUT2D eigenvalue weighted by atomic mass is 16.5. The Hall–Kier alpha value is -2.13. The molecule has 1 fully saturated rings. The molecule has 1 aromatic carbocycles. The standard InChI is InChI=1S/C19H21NO2/c1-2-4-18(5-3-1)15-22-19-9-8-17(14-20-19)7-6-16-10-12-21-13-11-16/h1-9,14,16H,10-13,15H2/b7-6-. The molecule has 1 saturated heterocycles. The normalized spacial score (nSPS) is 16.0. The Morgan fingerprint density at radius 3 is 2.64 bits per heavy atom. The minimum absolute atomic E-state index is 0.547. The second-order valence-electron chi connectivity index (χ2n) is 5.51. The lowest BCUT2D eigenvalue weighted by atomic mass is 9.99. The molecule has 0 aliphatic carbocycles. The first-order chi connectivity index (χ1) is 10.9. The first-order valence-electron chi connectivity index (χ1n) is 7.79. The monoisotopic (exact) mass is 295 g/mol. The summed E-state index contributed by atoms with van der Waals surface area (Å²) in [5, 5.41) is 0. The van der Waals surface area contributed by atoms with E-state index >= 15 is 0 Å². The predicted molar refractivity (Wildman–Crippen MR) is 87.6 cm³/mol. The van der Waals surface area contributed by atoms with Crippen molar-refractivity contribution in [3.8, 4) is 5.88 Å². The molecule has 0 N–H and O–H groups in total. The summed E-state index contributed by atoms with van der Waals surface area (Å²) in [5.74, 6) is 1.29. The molecule has 3 nitrogen and oxygen atoms in total. The van der Waals surface area contributed by atoms with Crippen molar-refractivity contribution < 1.29 is 9.47 Å². The van der Waals surface area contributed by atoms with E-state index in [0.29, 0.717) is 18.4 Å². The molecule has 1 aliphatic heterocycles. The van der Waals surface area contributed by atoms with Crippen LogP contribution in [-0.2, 0) is 11.3 Å². The van der Waals surface area contributed by atoms with E-state index in [-0.39, 0.29) is 0 Å². The zero-order valence-electron chi connectivity index (χ0n) is 12.7. The lowest BCUT2D eigenvalue weighted by molar-refractivity contribution is 0.0787. The fourth-order valence-electron chi connectivity index (χ4n) is 2.46. The minimum atomic E-state index is 0.547. The van der Waals surface area contributed by atoms with Crippen molar-refractivity contribution in [1.29, 1.82) is 0 Å². The van der Waals surface area contributed by atoms with Crippen LogP contribution in [0.3, 0.4) is 0 Å². The maximum Gasteiger partial charge on any atom is 0.213 e. The summed E-state index contributed by atoms with van der Waals surface area (Å²) in [6, 6.07) is 14.1. The zero-order chi connectivity index (χ0) is 15.0. The summed E-state index contributed by atoms with van der Waals surface area (Å²) in [6.45, 7) is 2.30. The second-order valence-corrected chi connectivity index (χ2v) is 5.51. The average Bonchev–Trinajstić information content (AvgIpc) is 2.61. The third kappa shape index (κ3) is 4.43. The van der Waals surface area contributed by atoms with Crippen LogP contribution in [0.15, 0.2) is 54.7 Å². The molecule has 22 heavy (non-hydrogen) atoms. The zero-order valence-corrected chi connectivity index (χ0v) is 12.7. The van der Waals surface area contributed by atoms with E-state index in [9.17, 15) is 0 Å². The summed E-state index contributed by atoms with van der Waals surface area (Å²) in [4.78, 5) is 4.36. The Morgan fingerprint density at radius 2 is 1.91 bits per heavy atom. The van der Waals surface area contributed by atoms with Gasteiger partial charge < -0.3 is 9.47 Å². The number of rotatable bonds is 5. The van der Waals surface area contributed by atoms with Crippen LogP contribution in [-0.4, -0.2) is 18.2 Å². The van der Waals surface area contributed by atoms with Crippen LogP contribution < -0.4 is 4.74 Å². The number of allylic oxidation sites excluding steroid dienone is 1. The van der Waals surface area contributed by atoms with Gasteiger partial charge in [0.15, 0.2) is 0 Å². The molecule has 0 bridgehead atoms. The fraction of sp³-hybridized carbons (Fsp3) is 0.316. The largest absolute Gasteiger partial charge is 0.473 e. The van der Waals surface area contributed by atoms with E-state index < -0.39 is 0 Å². The van der Waals surface area contributed by atoms with Crippen LogP contribution in [0.25, 0.3) is 6.08 Å². The third-order valence-electron chi connectivity index (χ3n) is 3.82. The third-order valence-corrected chi connectivity index (χ3v) is 3.82. The molecule has 114 valence electrons. The lowest BCUT2D eigenvalue weighted by Crippen LogP contribution is -2.13. The number of hydrogen-bond acceptors (Lipinski definition) is 3. The van der Waals surface area contributed by atoms with Gasteiger partial charge in [0.25, 0.3) is 0 Å². The highest BCUT2D eigenvalue weighted by Crippen LogP contribution is 2.18. The Balaban J connectivity index is 1.52. The van der Waals surface area contributed by atoms with Crippen molar-refractivity contribution >= 4 is 6.08 Å². The molecular weight excluding hydrogens is 274 g/mol. The van der Waals surface area contributed by atoms with E-state index in [1.165, 1.54) is 0 Å². The maximum atomic E-state index is 5.69. The molecule has 2 heterocycles. The molecule has 0 spiro atoms. The van der Waals surface area contributed by atoms with Crippen molar-refractivity contribution in [2.75, 3.05) is 13.2 Å². The summed E-state index contributed by atoms with van der Waals surface area (Å²) in [5.41, 5.74) is 2.26. The molecular formula is C19H21NO2. The second kappa shape index (κ2) is 7.76. The number of benzene rings is 1. The number of nitrogens with zero attached hydrogens (tertiary/aromatic N) is 1. The first-order valence-corrected chi connectivity index (χ1v) is 7.79. The van der Waals surface area contributed by atoms with Crippen LogP contribution in [0.2, 0.25) is 0 Å². The quantitative estimate of drug-likeness (QED) is 0.832. The van der Waals surface area contributed by atoms with Crippen molar-refractivity contribution in [3.05, 3.63) is 65.9 Å². The van der Waals surface area contributed by atoms with Gasteiger partial charge in [-0.05, 0) is 36.0 Å². The molecule has 0 saturated carbocycles. The van der Waals surface area contributed by atoms with Gasteiger partial charge in [0, 0.05) is 25.5 Å². The fourth-order valence-corrected chi connectivity index (χ4v) is 2.46. The highest BCUT2D eigenvalue weighted by molar-refractivity contribution is 5.48. The maximum absolute atomic E-state index is 5.69. The van der Waals surface area contributed by atoms with Gasteiger partial charge in [0.2, 0.25) is 5.88 Å². The van der Waals surface area contributed by atoms with Gasteiger partial charge in [-0.1, -0.05) is 42.5 Å². The Bertz CT molecular complexity index is 587. The first kappa shape index (κ1) is 14.8. The van der Waals surface area contributed by atoms with E-state index in [4.69, 9.17) is 9.47 Å². The summed E-state index contributed by atoms with van der Waals surface area (Å²) in [7, 11) is 0. The van der Waals surface area contributed by atoms with Gasteiger partial charge in [-0.25, -0.2) is 4.98 Å². The smallest absolute Gasteiger partial charge is 0.213 e. The van der Waals surface area contributed by atoms with Gasteiger partial charge in [-0.15, -0.1) is 0 Å². The van der Waals surface area contributed by atoms with Gasteiger partial charge in [0.1, 0.15) is 6.61 Å². The van der Waals surface area contributed by atoms with Crippen LogP contribution in [0.5, 0.6) is 5.88 Å². The molecule has 2 aromatic rings. The summed E-state index contributed by atoms with van der Waals surface area (Å²) >= 11 is 0. The van der Waals surface area contributed by atoms with Crippen molar-refractivity contribution in [2.24, 2.45) is 5.92 Å². The lowest BCUT2D eigenvalue weighted by Gasteiger charge is -2.18. The minimum Gasteiger partial charge on any atom is -0.473 e. The van der Waals surface area contributed by atoms with Gasteiger partial charge >= 0.3 is 0 Å². The van der Waals surface area contributed by atoms with Gasteiger partial charge in [-0.2, -0.15) is 0 Å². The Morgan fingerprint density at radius 1 is 1.09 bits per heavy atom. The SMILES string of the molecule is C(=C/C1CCOCC1)/c1ccc(OCc2ccccc2)nc1. The van der Waals surface area contributed by atoms with Crippen molar-refractivity contribution in [3.63, 3.8) is 0 Å². The molecule has 0 radical (unpaired) electrons. The van der Waals surface area contributed by atoms with Crippen molar-refractivity contribution in [1.82, 2.24) is 4.98 Å². The Labute approximate surface area is 131 Å². The number of ether oxygens (including phenoxy) is 2. The van der Waals surface area contributed by atoms with E-state index in [0.717, 1.165) is 37.2 Å². The van der Waals surface area contributed by atoms with E-state index in [2.05, 4.69) is 17.1 Å². The van der Waals surface area contributed by atoms with Crippen LogP contribution in [0.1, 0.15) is 24.0 Å². The van der Waals surface area contributed by atoms with Gasteiger partial charge in [0.05, 0.1) is 0 Å². The summed E-state index contributed by atoms with van der Waals surface area (Å²) in [6.07, 6.45) is 8.49. The number of hydrogen-bond donors (Lipinski definition) is 0. The van der Waals surface area contributed by atoms with Crippen LogP contribution in [0.4, 0.5) is 0 Å².